The molecule has 2 heterocycles. The van der Waals surface area contributed by atoms with Crippen LogP contribution in [0.4, 0.5) is 0 Å². The van der Waals surface area contributed by atoms with Gasteiger partial charge in [0.15, 0.2) is 0 Å². The molecule has 2 aromatic carbocycles. The van der Waals surface area contributed by atoms with Crippen molar-refractivity contribution in [3.63, 3.8) is 0 Å². The van der Waals surface area contributed by atoms with Crippen LogP contribution in [0.5, 0.6) is 0 Å². The Morgan fingerprint density at radius 3 is 2.46 bits per heavy atom. The number of nitrogens with zero attached hydrogens (tertiary/aromatic N) is 3. The molecule has 196 valence electrons. The highest BCUT2D eigenvalue weighted by molar-refractivity contribution is 5.98. The quantitative estimate of drug-likeness (QED) is 0.632. The fourth-order valence-corrected chi connectivity index (χ4v) is 5.57. The van der Waals surface area contributed by atoms with E-state index in [1.807, 2.05) is 59.2 Å². The molecule has 7 nitrogen and oxygen atoms in total. The maximum Gasteiger partial charge on any atom is 0.254 e. The Bertz CT molecular complexity index is 1090. The summed E-state index contributed by atoms with van der Waals surface area (Å²) in [7, 11) is 0. The van der Waals surface area contributed by atoms with Crippen molar-refractivity contribution in [3.8, 4) is 0 Å². The minimum Gasteiger partial charge on any atom is -0.340 e. The maximum atomic E-state index is 13.8. The van der Waals surface area contributed by atoms with Crippen molar-refractivity contribution in [2.24, 2.45) is 5.92 Å². The summed E-state index contributed by atoms with van der Waals surface area (Å²) in [4.78, 5) is 46.6. The molecule has 3 amide bonds. The first kappa shape index (κ1) is 25.5. The molecular weight excluding hydrogens is 464 g/mol. The Labute approximate surface area is 219 Å². The second-order valence-corrected chi connectivity index (χ2v) is 10.7. The van der Waals surface area contributed by atoms with Crippen molar-refractivity contribution in [2.45, 2.75) is 51.1 Å². The summed E-state index contributed by atoms with van der Waals surface area (Å²) in [5.74, 6) is 0.142. The third kappa shape index (κ3) is 6.04. The molecule has 0 radical (unpaired) electrons. The van der Waals surface area contributed by atoms with Crippen LogP contribution in [0.1, 0.15) is 47.2 Å². The van der Waals surface area contributed by atoms with Crippen LogP contribution in [0.3, 0.4) is 0 Å². The van der Waals surface area contributed by atoms with E-state index in [-0.39, 0.29) is 29.7 Å². The fourth-order valence-electron chi connectivity index (χ4n) is 5.57. The number of nitrogens with one attached hydrogen (secondary N) is 1. The number of rotatable bonds is 7. The van der Waals surface area contributed by atoms with Crippen LogP contribution in [-0.4, -0.2) is 83.8 Å². The summed E-state index contributed by atoms with van der Waals surface area (Å²) in [6.07, 6.45) is 4.02. The van der Waals surface area contributed by atoms with E-state index in [0.717, 1.165) is 44.3 Å². The van der Waals surface area contributed by atoms with Crippen molar-refractivity contribution in [2.75, 3.05) is 39.3 Å². The molecule has 7 heteroatoms. The topological polar surface area (TPSA) is 73.0 Å². The molecule has 0 spiro atoms. The summed E-state index contributed by atoms with van der Waals surface area (Å²) in [6, 6.07) is 17.0. The highest BCUT2D eigenvalue weighted by Gasteiger charge is 2.46. The molecule has 2 atom stereocenters. The minimum atomic E-state index is -0.553. The average molecular weight is 503 g/mol. The largest absolute Gasteiger partial charge is 0.340 e. The van der Waals surface area contributed by atoms with E-state index < -0.39 is 6.04 Å². The predicted molar refractivity (Wildman–Crippen MR) is 143 cm³/mol. The van der Waals surface area contributed by atoms with E-state index in [2.05, 4.69) is 17.4 Å². The van der Waals surface area contributed by atoms with E-state index in [4.69, 9.17) is 0 Å². The van der Waals surface area contributed by atoms with Gasteiger partial charge in [-0.3, -0.25) is 14.4 Å². The van der Waals surface area contributed by atoms with Crippen LogP contribution in [0.15, 0.2) is 54.6 Å². The van der Waals surface area contributed by atoms with Gasteiger partial charge in [0.25, 0.3) is 5.91 Å². The summed E-state index contributed by atoms with van der Waals surface area (Å²) >= 11 is 0. The number of carbonyl (C=O) groups is 3. The van der Waals surface area contributed by atoms with Crippen LogP contribution in [0, 0.1) is 12.8 Å². The SMILES string of the molecule is Cc1ccc(C(=O)N2CC(N(CCc3ccccc3)C(=O)C3CC3)CC2C(=O)N2CCCNCC2)cc1. The van der Waals surface area contributed by atoms with Gasteiger partial charge in [-0.1, -0.05) is 48.0 Å². The zero-order valence-corrected chi connectivity index (χ0v) is 21.8. The summed E-state index contributed by atoms with van der Waals surface area (Å²) in [5.41, 5.74) is 2.86. The van der Waals surface area contributed by atoms with E-state index in [9.17, 15) is 14.4 Å². The normalized spacial score (nSPS) is 22.0. The molecule has 2 aliphatic heterocycles. The number of aryl methyl sites for hydroxylation is 1. The Kier molecular flexibility index (Phi) is 7.89. The smallest absolute Gasteiger partial charge is 0.254 e. The second kappa shape index (κ2) is 11.5. The number of amides is 3. The standard InChI is InChI=1S/C30H38N4O3/c1-22-8-10-24(11-9-22)29(36)34-21-26(20-27(34)30(37)32-17-5-15-31-16-19-32)33(28(35)25-12-13-25)18-14-23-6-3-2-4-7-23/h2-4,6-11,25-27,31H,5,12-21H2,1H3. The molecule has 0 aromatic heterocycles. The summed E-state index contributed by atoms with van der Waals surface area (Å²) in [5, 5.41) is 3.35. The first-order valence-corrected chi connectivity index (χ1v) is 13.7. The van der Waals surface area contributed by atoms with Gasteiger partial charge < -0.3 is 20.0 Å². The van der Waals surface area contributed by atoms with Crippen LogP contribution in [-0.2, 0) is 16.0 Å². The molecule has 1 aliphatic carbocycles. The average Bonchev–Trinajstić information content (AvgIpc) is 3.73. The minimum absolute atomic E-state index is 0.00791. The zero-order chi connectivity index (χ0) is 25.8. The number of benzene rings is 2. The first-order valence-electron chi connectivity index (χ1n) is 13.7. The van der Waals surface area contributed by atoms with Gasteiger partial charge in [-0.05, 0) is 63.3 Å². The van der Waals surface area contributed by atoms with Gasteiger partial charge in [0.05, 0.1) is 6.04 Å². The summed E-state index contributed by atoms with van der Waals surface area (Å²) < 4.78 is 0. The third-order valence-corrected chi connectivity index (χ3v) is 7.91. The highest BCUT2D eigenvalue weighted by Crippen LogP contribution is 2.34. The molecule has 5 rings (SSSR count). The molecule has 37 heavy (non-hydrogen) atoms. The first-order chi connectivity index (χ1) is 18.0. The molecule has 2 aromatic rings. The number of carbonyl (C=O) groups excluding carboxylic acids is 3. The Balaban J connectivity index is 1.40. The lowest BCUT2D eigenvalue weighted by molar-refractivity contribution is -0.136. The van der Waals surface area contributed by atoms with Crippen LogP contribution in [0.2, 0.25) is 0 Å². The molecule has 1 saturated carbocycles. The molecule has 2 saturated heterocycles. The lowest BCUT2D eigenvalue weighted by atomic mass is 10.1. The molecule has 3 fully saturated rings. The number of hydrogen-bond acceptors (Lipinski definition) is 4. The van der Waals surface area contributed by atoms with Crippen molar-refractivity contribution in [3.05, 3.63) is 71.3 Å². The zero-order valence-electron chi connectivity index (χ0n) is 21.8. The van der Waals surface area contributed by atoms with E-state index in [1.165, 1.54) is 5.56 Å². The Hall–Kier alpha value is -3.19. The van der Waals surface area contributed by atoms with Crippen molar-refractivity contribution in [1.29, 1.82) is 0 Å². The molecular formula is C30H38N4O3. The van der Waals surface area contributed by atoms with Crippen LogP contribution in [0.25, 0.3) is 0 Å². The van der Waals surface area contributed by atoms with Crippen LogP contribution < -0.4 is 5.32 Å². The highest BCUT2D eigenvalue weighted by atomic mass is 16.2. The molecule has 2 unspecified atom stereocenters. The van der Waals surface area contributed by atoms with Gasteiger partial charge in [-0.25, -0.2) is 0 Å². The van der Waals surface area contributed by atoms with Gasteiger partial charge in [0, 0.05) is 44.2 Å². The molecule has 3 aliphatic rings. The van der Waals surface area contributed by atoms with Gasteiger partial charge in [-0.15, -0.1) is 0 Å². The number of likely N-dealkylation sites (tertiary alicyclic amines) is 1. The monoisotopic (exact) mass is 502 g/mol. The Morgan fingerprint density at radius 2 is 1.73 bits per heavy atom. The Morgan fingerprint density at radius 1 is 0.973 bits per heavy atom. The van der Waals surface area contributed by atoms with E-state index in [0.29, 0.717) is 38.2 Å². The molecule has 0 bridgehead atoms. The fraction of sp³-hybridized carbons (Fsp3) is 0.500. The van der Waals surface area contributed by atoms with Crippen LogP contribution >= 0.6 is 0 Å². The molecule has 1 N–H and O–H groups in total. The summed E-state index contributed by atoms with van der Waals surface area (Å²) in [6.45, 7) is 5.98. The number of hydrogen-bond donors (Lipinski definition) is 1. The third-order valence-electron chi connectivity index (χ3n) is 7.91. The lowest BCUT2D eigenvalue weighted by Gasteiger charge is -2.29. The van der Waals surface area contributed by atoms with Gasteiger partial charge >= 0.3 is 0 Å². The van der Waals surface area contributed by atoms with Gasteiger partial charge in [-0.2, -0.15) is 0 Å². The van der Waals surface area contributed by atoms with Gasteiger partial charge in [0.1, 0.15) is 6.04 Å². The van der Waals surface area contributed by atoms with Crippen molar-refractivity contribution < 1.29 is 14.4 Å². The van der Waals surface area contributed by atoms with Gasteiger partial charge in [0.2, 0.25) is 11.8 Å². The predicted octanol–water partition coefficient (Wildman–Crippen LogP) is 2.88. The van der Waals surface area contributed by atoms with Crippen molar-refractivity contribution in [1.82, 2.24) is 20.0 Å². The van der Waals surface area contributed by atoms with Crippen molar-refractivity contribution >= 4 is 17.7 Å². The van der Waals surface area contributed by atoms with E-state index >= 15 is 0 Å². The second-order valence-electron chi connectivity index (χ2n) is 10.7. The lowest BCUT2D eigenvalue weighted by Crippen LogP contribution is -2.48. The maximum absolute atomic E-state index is 13.8. The van der Waals surface area contributed by atoms with E-state index in [1.54, 1.807) is 4.90 Å².